The minimum atomic E-state index is -0.171. The first-order valence-electron chi connectivity index (χ1n) is 10.1. The van der Waals surface area contributed by atoms with E-state index in [-0.39, 0.29) is 12.1 Å². The Morgan fingerprint density at radius 1 is 0.966 bits per heavy atom. The summed E-state index contributed by atoms with van der Waals surface area (Å²) in [6.07, 6.45) is 0.696. The molecule has 1 amide bonds. The van der Waals surface area contributed by atoms with E-state index in [0.717, 1.165) is 41.1 Å². The molecule has 1 unspecified atom stereocenters. The summed E-state index contributed by atoms with van der Waals surface area (Å²) in [4.78, 5) is 21.4. The number of aryl methyl sites for hydroxylation is 1. The Kier molecular flexibility index (Phi) is 3.39. The highest BCUT2D eigenvalue weighted by Crippen LogP contribution is 2.47. The number of H-pyrrole nitrogens is 1. The molecular weight excluding hydrogens is 358 g/mol. The Bertz CT molecular complexity index is 1270. The molecule has 142 valence electrons. The van der Waals surface area contributed by atoms with Crippen molar-refractivity contribution in [3.05, 3.63) is 95.2 Å². The highest BCUT2D eigenvalue weighted by Gasteiger charge is 2.43. The van der Waals surface area contributed by atoms with Gasteiger partial charge in [0.25, 0.3) is 5.91 Å². The minimum absolute atomic E-state index is 0.110. The van der Waals surface area contributed by atoms with E-state index >= 15 is 0 Å². The molecule has 3 heterocycles. The number of aromatic nitrogens is 1. The number of hydrogen-bond donors (Lipinski definition) is 1. The zero-order valence-electron chi connectivity index (χ0n) is 16.2. The number of carbonyl (C=O) groups excluding carboxylic acids is 1. The van der Waals surface area contributed by atoms with Crippen LogP contribution in [-0.2, 0) is 6.42 Å². The maximum Gasteiger partial charge on any atom is 0.257 e. The number of nitrogens with one attached hydrogen (secondary N) is 1. The summed E-state index contributed by atoms with van der Waals surface area (Å²) in [7, 11) is 0. The molecule has 29 heavy (non-hydrogen) atoms. The highest BCUT2D eigenvalue weighted by molar-refractivity contribution is 6.04. The largest absolute Gasteiger partial charge is 0.355 e. The van der Waals surface area contributed by atoms with Crippen molar-refractivity contribution in [3.63, 3.8) is 0 Å². The molecule has 0 spiro atoms. The van der Waals surface area contributed by atoms with E-state index in [4.69, 9.17) is 0 Å². The SMILES string of the molecule is Cc1cccc(N2c3ccccc3C(=O)N3CCc4c([nH]c5ccccc45)C32)c1. The van der Waals surface area contributed by atoms with Crippen LogP contribution >= 0.6 is 0 Å². The molecule has 4 nitrogen and oxygen atoms in total. The van der Waals surface area contributed by atoms with Crippen molar-refractivity contribution in [2.75, 3.05) is 11.4 Å². The predicted octanol–water partition coefficient (Wildman–Crippen LogP) is 5.33. The summed E-state index contributed by atoms with van der Waals surface area (Å²) < 4.78 is 0. The van der Waals surface area contributed by atoms with Crippen LogP contribution in [0.15, 0.2) is 72.8 Å². The Morgan fingerprint density at radius 2 is 1.79 bits per heavy atom. The molecule has 4 aromatic rings. The second-order valence-corrected chi connectivity index (χ2v) is 7.91. The van der Waals surface area contributed by atoms with Gasteiger partial charge in [0.15, 0.2) is 6.17 Å². The molecule has 0 radical (unpaired) electrons. The van der Waals surface area contributed by atoms with Crippen LogP contribution in [0.5, 0.6) is 0 Å². The summed E-state index contributed by atoms with van der Waals surface area (Å²) in [5.74, 6) is 0.110. The van der Waals surface area contributed by atoms with Crippen molar-refractivity contribution >= 4 is 28.2 Å². The van der Waals surface area contributed by atoms with Gasteiger partial charge in [0, 0.05) is 23.1 Å². The third-order valence-electron chi connectivity index (χ3n) is 6.18. The number of amides is 1. The fourth-order valence-corrected chi connectivity index (χ4v) is 4.91. The number of para-hydroxylation sites is 2. The van der Waals surface area contributed by atoms with Crippen molar-refractivity contribution in [1.82, 2.24) is 9.88 Å². The third-order valence-corrected chi connectivity index (χ3v) is 6.18. The number of benzene rings is 3. The van der Waals surface area contributed by atoms with Gasteiger partial charge in [-0.15, -0.1) is 0 Å². The highest BCUT2D eigenvalue weighted by atomic mass is 16.2. The smallest absolute Gasteiger partial charge is 0.257 e. The van der Waals surface area contributed by atoms with E-state index in [1.165, 1.54) is 16.5 Å². The second kappa shape index (κ2) is 5.98. The maximum absolute atomic E-state index is 13.4. The molecule has 0 saturated carbocycles. The Morgan fingerprint density at radius 3 is 2.69 bits per heavy atom. The van der Waals surface area contributed by atoms with Gasteiger partial charge in [-0.25, -0.2) is 0 Å². The quantitative estimate of drug-likeness (QED) is 0.486. The van der Waals surface area contributed by atoms with Crippen LogP contribution in [0, 0.1) is 6.92 Å². The lowest BCUT2D eigenvalue weighted by molar-refractivity contribution is 0.0642. The first-order chi connectivity index (χ1) is 14.2. The fraction of sp³-hybridized carbons (Fsp3) is 0.160. The first-order valence-corrected chi connectivity index (χ1v) is 10.1. The minimum Gasteiger partial charge on any atom is -0.355 e. The number of anilines is 2. The van der Waals surface area contributed by atoms with Gasteiger partial charge in [0.2, 0.25) is 0 Å². The topological polar surface area (TPSA) is 39.3 Å². The van der Waals surface area contributed by atoms with E-state index in [2.05, 4.69) is 71.4 Å². The van der Waals surface area contributed by atoms with Crippen LogP contribution in [0.4, 0.5) is 11.4 Å². The van der Waals surface area contributed by atoms with Crippen LogP contribution in [0.2, 0.25) is 0 Å². The number of nitrogens with zero attached hydrogens (tertiary/aromatic N) is 2. The normalized spacial score (nSPS) is 17.8. The van der Waals surface area contributed by atoms with Gasteiger partial charge in [0.05, 0.1) is 16.9 Å². The molecule has 0 bridgehead atoms. The average molecular weight is 379 g/mol. The van der Waals surface area contributed by atoms with E-state index in [1.807, 2.05) is 23.1 Å². The molecule has 1 atom stereocenters. The molecule has 1 aromatic heterocycles. The Labute approximate surface area is 169 Å². The first kappa shape index (κ1) is 16.4. The van der Waals surface area contributed by atoms with Gasteiger partial charge in [-0.1, -0.05) is 42.5 Å². The molecule has 2 aliphatic rings. The van der Waals surface area contributed by atoms with Crippen LogP contribution in [-0.4, -0.2) is 22.3 Å². The molecule has 0 saturated heterocycles. The van der Waals surface area contributed by atoms with Crippen LogP contribution in [0.3, 0.4) is 0 Å². The molecular formula is C25H21N3O. The summed E-state index contributed by atoms with van der Waals surface area (Å²) in [6, 6.07) is 24.9. The molecule has 2 aliphatic heterocycles. The van der Waals surface area contributed by atoms with Crippen LogP contribution in [0.25, 0.3) is 10.9 Å². The van der Waals surface area contributed by atoms with Gasteiger partial charge >= 0.3 is 0 Å². The number of aromatic amines is 1. The molecule has 6 rings (SSSR count). The average Bonchev–Trinajstić information content (AvgIpc) is 3.13. The predicted molar refractivity (Wildman–Crippen MR) is 116 cm³/mol. The molecule has 0 aliphatic carbocycles. The summed E-state index contributed by atoms with van der Waals surface area (Å²) in [5.41, 5.74) is 7.63. The number of hydrogen-bond acceptors (Lipinski definition) is 2. The lowest BCUT2D eigenvalue weighted by atomic mass is 9.95. The van der Waals surface area contributed by atoms with E-state index in [0.29, 0.717) is 0 Å². The van der Waals surface area contributed by atoms with Gasteiger partial charge in [-0.2, -0.15) is 0 Å². The van der Waals surface area contributed by atoms with Crippen LogP contribution < -0.4 is 4.90 Å². The lowest BCUT2D eigenvalue weighted by Gasteiger charge is -2.47. The molecule has 4 heteroatoms. The number of fused-ring (bicyclic) bond motifs is 6. The third kappa shape index (κ3) is 2.29. The second-order valence-electron chi connectivity index (χ2n) is 7.91. The van der Waals surface area contributed by atoms with Gasteiger partial charge in [-0.05, 0) is 54.8 Å². The molecule has 3 aromatic carbocycles. The lowest BCUT2D eigenvalue weighted by Crippen LogP contribution is -2.50. The van der Waals surface area contributed by atoms with Crippen molar-refractivity contribution in [3.8, 4) is 0 Å². The van der Waals surface area contributed by atoms with E-state index < -0.39 is 0 Å². The van der Waals surface area contributed by atoms with Crippen molar-refractivity contribution < 1.29 is 4.79 Å². The van der Waals surface area contributed by atoms with Crippen molar-refractivity contribution in [1.29, 1.82) is 0 Å². The monoisotopic (exact) mass is 379 g/mol. The summed E-state index contributed by atoms with van der Waals surface area (Å²) in [5, 5.41) is 1.26. The fourth-order valence-electron chi connectivity index (χ4n) is 4.91. The van der Waals surface area contributed by atoms with Crippen molar-refractivity contribution in [2.45, 2.75) is 19.5 Å². The van der Waals surface area contributed by atoms with Gasteiger partial charge < -0.3 is 14.8 Å². The Balaban J connectivity index is 1.65. The molecule has 0 fully saturated rings. The zero-order valence-corrected chi connectivity index (χ0v) is 16.2. The van der Waals surface area contributed by atoms with E-state index in [1.54, 1.807) is 0 Å². The summed E-state index contributed by atoms with van der Waals surface area (Å²) in [6.45, 7) is 2.83. The number of rotatable bonds is 1. The van der Waals surface area contributed by atoms with E-state index in [9.17, 15) is 4.79 Å². The number of carbonyl (C=O) groups is 1. The maximum atomic E-state index is 13.4. The zero-order chi connectivity index (χ0) is 19.5. The van der Waals surface area contributed by atoms with Gasteiger partial charge in [-0.3, -0.25) is 4.79 Å². The van der Waals surface area contributed by atoms with Crippen LogP contribution in [0.1, 0.15) is 33.3 Å². The Hall–Kier alpha value is -3.53. The summed E-state index contributed by atoms with van der Waals surface area (Å²) >= 11 is 0. The molecule has 1 N–H and O–H groups in total. The standard InChI is InChI=1S/C25H21N3O/c1-16-7-6-8-17(15-16)28-22-12-5-3-10-20(22)25(29)27-14-13-19-18-9-2-4-11-21(18)26-23(19)24(27)28/h2-12,15,24,26H,13-14H2,1H3. The van der Waals surface area contributed by atoms with Gasteiger partial charge in [0.1, 0.15) is 0 Å². The van der Waals surface area contributed by atoms with Crippen molar-refractivity contribution in [2.24, 2.45) is 0 Å².